The molecule has 1 aromatic heterocycles. The second-order valence-electron chi connectivity index (χ2n) is 4.87. The van der Waals surface area contributed by atoms with Gasteiger partial charge in [0.15, 0.2) is 4.77 Å². The van der Waals surface area contributed by atoms with Crippen LogP contribution in [0.25, 0.3) is 0 Å². The van der Waals surface area contributed by atoms with Crippen LogP contribution in [0.5, 0.6) is 0 Å². The van der Waals surface area contributed by atoms with Crippen LogP contribution in [0.4, 0.5) is 5.95 Å². The van der Waals surface area contributed by atoms with Gasteiger partial charge < -0.3 is 4.90 Å². The third-order valence-corrected chi connectivity index (χ3v) is 3.45. The maximum Gasteiger partial charge on any atom is 0.225 e. The predicted octanol–water partition coefficient (Wildman–Crippen LogP) is 2.98. The first-order valence-corrected chi connectivity index (χ1v) is 7.07. The van der Waals surface area contributed by atoms with Crippen LogP contribution in [0.15, 0.2) is 0 Å². The van der Waals surface area contributed by atoms with Crippen LogP contribution in [0.1, 0.15) is 39.5 Å². The Hall–Kier alpha value is -0.840. The summed E-state index contributed by atoms with van der Waals surface area (Å²) in [7, 11) is 0. The maximum absolute atomic E-state index is 5.29. The zero-order chi connectivity index (χ0) is 12.3. The van der Waals surface area contributed by atoms with E-state index in [0.717, 1.165) is 49.1 Å². The van der Waals surface area contributed by atoms with E-state index >= 15 is 0 Å². The number of H-pyrrole nitrogens is 1. The summed E-state index contributed by atoms with van der Waals surface area (Å²) < 4.78 is 2.88. The SMILES string of the molecule is CCCN(CC1CC1)c1n[nH]c(=S)n1CCC. The number of nitrogens with zero attached hydrogens (tertiary/aromatic N) is 3. The standard InChI is InChI=1S/C12H22N4S/c1-3-7-15(9-10-5-6-10)11-13-14-12(17)16(11)8-4-2/h10H,3-9H2,1-2H3,(H,14,17). The average Bonchev–Trinajstić information content (AvgIpc) is 3.05. The summed E-state index contributed by atoms with van der Waals surface area (Å²) in [4.78, 5) is 2.39. The third kappa shape index (κ3) is 3.09. The van der Waals surface area contributed by atoms with Crippen molar-refractivity contribution in [2.24, 2.45) is 5.92 Å². The fraction of sp³-hybridized carbons (Fsp3) is 0.833. The van der Waals surface area contributed by atoms with Gasteiger partial charge in [0.25, 0.3) is 0 Å². The zero-order valence-electron chi connectivity index (χ0n) is 10.8. The molecule has 5 heteroatoms. The summed E-state index contributed by atoms with van der Waals surface area (Å²) in [6.45, 7) is 7.54. The Kier molecular flexibility index (Phi) is 4.20. The largest absolute Gasteiger partial charge is 0.341 e. The Bertz CT molecular complexity index is 405. The summed E-state index contributed by atoms with van der Waals surface area (Å²) in [5.41, 5.74) is 0. The molecule has 17 heavy (non-hydrogen) atoms. The highest BCUT2D eigenvalue weighted by molar-refractivity contribution is 7.71. The lowest BCUT2D eigenvalue weighted by Gasteiger charge is -2.23. The van der Waals surface area contributed by atoms with Crippen molar-refractivity contribution in [3.8, 4) is 0 Å². The average molecular weight is 254 g/mol. The molecule has 2 rings (SSSR count). The van der Waals surface area contributed by atoms with Gasteiger partial charge >= 0.3 is 0 Å². The first-order chi connectivity index (χ1) is 8.26. The van der Waals surface area contributed by atoms with Gasteiger partial charge in [-0.2, -0.15) is 0 Å². The van der Waals surface area contributed by atoms with Crippen molar-refractivity contribution in [3.63, 3.8) is 0 Å². The van der Waals surface area contributed by atoms with E-state index in [1.165, 1.54) is 12.8 Å². The van der Waals surface area contributed by atoms with Crippen molar-refractivity contribution in [1.29, 1.82) is 0 Å². The summed E-state index contributed by atoms with van der Waals surface area (Å²) >= 11 is 5.29. The number of aromatic amines is 1. The molecule has 0 aromatic carbocycles. The Morgan fingerprint density at radius 2 is 2.18 bits per heavy atom. The molecular weight excluding hydrogens is 232 g/mol. The molecule has 1 heterocycles. The van der Waals surface area contributed by atoms with Crippen LogP contribution in [0.2, 0.25) is 0 Å². The first-order valence-electron chi connectivity index (χ1n) is 6.66. The van der Waals surface area contributed by atoms with Crippen LogP contribution >= 0.6 is 12.2 Å². The van der Waals surface area contributed by atoms with E-state index in [-0.39, 0.29) is 0 Å². The third-order valence-electron chi connectivity index (χ3n) is 3.14. The summed E-state index contributed by atoms with van der Waals surface area (Å²) in [5, 5.41) is 7.33. The number of hydrogen-bond acceptors (Lipinski definition) is 3. The fourth-order valence-corrected chi connectivity index (χ4v) is 2.35. The minimum atomic E-state index is 0.749. The highest BCUT2D eigenvalue weighted by atomic mass is 32.1. The Morgan fingerprint density at radius 3 is 2.76 bits per heavy atom. The molecule has 96 valence electrons. The van der Waals surface area contributed by atoms with E-state index in [2.05, 4.69) is 33.5 Å². The molecule has 1 aliphatic carbocycles. The molecule has 1 saturated carbocycles. The lowest BCUT2D eigenvalue weighted by Crippen LogP contribution is -2.29. The monoisotopic (exact) mass is 254 g/mol. The molecule has 0 spiro atoms. The summed E-state index contributed by atoms with van der Waals surface area (Å²) in [6, 6.07) is 0. The van der Waals surface area contributed by atoms with Crippen LogP contribution in [0.3, 0.4) is 0 Å². The quantitative estimate of drug-likeness (QED) is 0.760. The first kappa shape index (κ1) is 12.6. The van der Waals surface area contributed by atoms with E-state index in [1.54, 1.807) is 0 Å². The number of anilines is 1. The molecule has 4 nitrogen and oxygen atoms in total. The molecule has 0 aliphatic heterocycles. The van der Waals surface area contributed by atoms with E-state index in [1.807, 2.05) is 0 Å². The van der Waals surface area contributed by atoms with Crippen LogP contribution in [-0.2, 0) is 6.54 Å². The van der Waals surface area contributed by atoms with Crippen LogP contribution in [-0.4, -0.2) is 27.9 Å². The van der Waals surface area contributed by atoms with Crippen molar-refractivity contribution < 1.29 is 0 Å². The van der Waals surface area contributed by atoms with E-state index in [0.29, 0.717) is 0 Å². The molecule has 0 radical (unpaired) electrons. The molecule has 1 aliphatic rings. The normalized spacial score (nSPS) is 15.2. The number of nitrogens with one attached hydrogen (secondary N) is 1. The fourth-order valence-electron chi connectivity index (χ4n) is 2.13. The molecule has 1 aromatic rings. The molecule has 0 atom stereocenters. The van der Waals surface area contributed by atoms with E-state index in [9.17, 15) is 0 Å². The van der Waals surface area contributed by atoms with Gasteiger partial charge in [0.1, 0.15) is 0 Å². The summed E-state index contributed by atoms with van der Waals surface area (Å²) in [6.07, 6.45) is 4.99. The van der Waals surface area contributed by atoms with Gasteiger partial charge in [-0.15, -0.1) is 5.10 Å². The van der Waals surface area contributed by atoms with Gasteiger partial charge in [0.2, 0.25) is 5.95 Å². The smallest absolute Gasteiger partial charge is 0.225 e. The molecule has 0 saturated heterocycles. The Morgan fingerprint density at radius 1 is 1.41 bits per heavy atom. The van der Waals surface area contributed by atoms with Gasteiger partial charge in [-0.3, -0.25) is 4.57 Å². The van der Waals surface area contributed by atoms with Crippen LogP contribution in [0, 0.1) is 10.7 Å². The molecule has 1 fully saturated rings. The van der Waals surface area contributed by atoms with Gasteiger partial charge in [-0.25, -0.2) is 5.10 Å². The van der Waals surface area contributed by atoms with Gasteiger partial charge in [0.05, 0.1) is 0 Å². The van der Waals surface area contributed by atoms with Gasteiger partial charge in [-0.05, 0) is 43.8 Å². The predicted molar refractivity (Wildman–Crippen MR) is 72.9 cm³/mol. The lowest BCUT2D eigenvalue weighted by atomic mass is 10.3. The number of hydrogen-bond donors (Lipinski definition) is 1. The second-order valence-corrected chi connectivity index (χ2v) is 5.26. The molecular formula is C12H22N4S. The van der Waals surface area contributed by atoms with Crippen molar-refractivity contribution in [2.45, 2.75) is 46.1 Å². The van der Waals surface area contributed by atoms with E-state index in [4.69, 9.17) is 12.2 Å². The minimum absolute atomic E-state index is 0.749. The van der Waals surface area contributed by atoms with Crippen molar-refractivity contribution in [3.05, 3.63) is 4.77 Å². The Labute approximate surface area is 108 Å². The topological polar surface area (TPSA) is 36.9 Å². The zero-order valence-corrected chi connectivity index (χ0v) is 11.6. The van der Waals surface area contributed by atoms with Crippen molar-refractivity contribution >= 4 is 18.2 Å². The van der Waals surface area contributed by atoms with Gasteiger partial charge in [0, 0.05) is 19.6 Å². The highest BCUT2D eigenvalue weighted by Crippen LogP contribution is 2.31. The molecule has 0 unspecified atom stereocenters. The maximum atomic E-state index is 5.29. The van der Waals surface area contributed by atoms with Crippen molar-refractivity contribution in [1.82, 2.24) is 14.8 Å². The van der Waals surface area contributed by atoms with E-state index < -0.39 is 0 Å². The van der Waals surface area contributed by atoms with Crippen molar-refractivity contribution in [2.75, 3.05) is 18.0 Å². The Balaban J connectivity index is 2.17. The number of rotatable bonds is 7. The second kappa shape index (κ2) is 5.67. The molecule has 0 amide bonds. The highest BCUT2D eigenvalue weighted by Gasteiger charge is 2.26. The number of aromatic nitrogens is 3. The lowest BCUT2D eigenvalue weighted by molar-refractivity contribution is 0.621. The van der Waals surface area contributed by atoms with Gasteiger partial charge in [-0.1, -0.05) is 13.8 Å². The summed E-state index contributed by atoms with van der Waals surface area (Å²) in [5.74, 6) is 1.91. The minimum Gasteiger partial charge on any atom is -0.341 e. The molecule has 1 N–H and O–H groups in total. The van der Waals surface area contributed by atoms with Crippen LogP contribution < -0.4 is 4.90 Å². The molecule has 0 bridgehead atoms.